The number of nitrogens with zero attached hydrogens (tertiary/aromatic N) is 2. The van der Waals surface area contributed by atoms with Crippen LogP contribution in [-0.2, 0) is 14.3 Å². The van der Waals surface area contributed by atoms with Crippen molar-refractivity contribution in [1.82, 2.24) is 4.90 Å². The Hall–Kier alpha value is -2.08. The van der Waals surface area contributed by atoms with Crippen LogP contribution >= 0.6 is 0 Å². The number of likely N-dealkylation sites (tertiary alicyclic amines) is 1. The minimum absolute atomic E-state index is 0.148. The van der Waals surface area contributed by atoms with E-state index >= 15 is 0 Å². The summed E-state index contributed by atoms with van der Waals surface area (Å²) < 4.78 is 11.2. The Morgan fingerprint density at radius 2 is 1.78 bits per heavy atom. The zero-order valence-electron chi connectivity index (χ0n) is 17.2. The third-order valence-corrected chi connectivity index (χ3v) is 4.29. The van der Waals surface area contributed by atoms with Gasteiger partial charge < -0.3 is 19.2 Å². The van der Waals surface area contributed by atoms with Crippen LogP contribution < -0.4 is 0 Å². The highest BCUT2D eigenvalue weighted by atomic mass is 16.6. The lowest BCUT2D eigenvalue weighted by molar-refractivity contribution is -0.0287. The van der Waals surface area contributed by atoms with Crippen molar-refractivity contribution in [3.8, 4) is 0 Å². The molecule has 1 amide bonds. The quantitative estimate of drug-likeness (QED) is 0.425. The predicted octanol–water partition coefficient (Wildman–Crippen LogP) is 4.15. The SMILES string of the molecule is C/C(=N/OCCOC1CCN(C(=O)OC(C)(C)C)CC1)c1ccc(C)cc1. The third kappa shape index (κ3) is 7.59. The molecule has 0 aromatic heterocycles. The molecule has 27 heavy (non-hydrogen) atoms. The van der Waals surface area contributed by atoms with Gasteiger partial charge in [0, 0.05) is 13.1 Å². The Labute approximate surface area is 162 Å². The average molecular weight is 376 g/mol. The van der Waals surface area contributed by atoms with Gasteiger partial charge in [-0.2, -0.15) is 0 Å². The molecule has 1 aliphatic heterocycles. The van der Waals surface area contributed by atoms with Gasteiger partial charge in [-0.15, -0.1) is 0 Å². The van der Waals surface area contributed by atoms with Crippen LogP contribution in [-0.4, -0.2) is 54.7 Å². The summed E-state index contributed by atoms with van der Waals surface area (Å²) >= 11 is 0. The first-order chi connectivity index (χ1) is 12.7. The zero-order valence-corrected chi connectivity index (χ0v) is 17.2. The van der Waals surface area contributed by atoms with Gasteiger partial charge in [0.05, 0.1) is 18.4 Å². The van der Waals surface area contributed by atoms with Crippen LogP contribution in [0.5, 0.6) is 0 Å². The maximum absolute atomic E-state index is 12.0. The fourth-order valence-corrected chi connectivity index (χ4v) is 2.77. The molecule has 6 nitrogen and oxygen atoms in total. The van der Waals surface area contributed by atoms with Crippen molar-refractivity contribution in [3.05, 3.63) is 35.4 Å². The van der Waals surface area contributed by atoms with Crippen LogP contribution in [0, 0.1) is 6.92 Å². The Morgan fingerprint density at radius 1 is 1.15 bits per heavy atom. The minimum atomic E-state index is -0.459. The number of hydrogen-bond donors (Lipinski definition) is 0. The summed E-state index contributed by atoms with van der Waals surface area (Å²) in [5, 5.41) is 4.14. The highest BCUT2D eigenvalue weighted by Gasteiger charge is 2.27. The van der Waals surface area contributed by atoms with Crippen LogP contribution in [0.3, 0.4) is 0 Å². The summed E-state index contributed by atoms with van der Waals surface area (Å²) in [6.45, 7) is 11.8. The summed E-state index contributed by atoms with van der Waals surface area (Å²) in [6.07, 6.45) is 1.52. The standard InChI is InChI=1S/C21H32N2O4/c1-16-6-8-18(9-7-16)17(2)22-26-15-14-25-19-10-12-23(13-11-19)20(24)27-21(3,4)5/h6-9,19H,10-15H2,1-5H3/b22-17-. The van der Waals surface area contributed by atoms with E-state index in [1.54, 1.807) is 4.90 Å². The third-order valence-electron chi connectivity index (χ3n) is 4.29. The zero-order chi connectivity index (χ0) is 19.9. The molecule has 1 saturated heterocycles. The number of aryl methyl sites for hydroxylation is 1. The molecule has 0 radical (unpaired) electrons. The molecule has 0 saturated carbocycles. The lowest BCUT2D eigenvalue weighted by Crippen LogP contribution is -2.43. The molecule has 0 unspecified atom stereocenters. The molecule has 1 heterocycles. The lowest BCUT2D eigenvalue weighted by atomic mass is 10.1. The van der Waals surface area contributed by atoms with Crippen molar-refractivity contribution in [1.29, 1.82) is 0 Å². The Morgan fingerprint density at radius 3 is 2.37 bits per heavy atom. The van der Waals surface area contributed by atoms with Crippen molar-refractivity contribution in [2.45, 2.75) is 59.2 Å². The van der Waals surface area contributed by atoms with Crippen molar-refractivity contribution < 1.29 is 19.1 Å². The highest BCUT2D eigenvalue weighted by molar-refractivity contribution is 5.98. The molecule has 0 atom stereocenters. The van der Waals surface area contributed by atoms with Crippen molar-refractivity contribution >= 4 is 11.8 Å². The number of rotatable bonds is 6. The average Bonchev–Trinajstić information content (AvgIpc) is 2.61. The molecular formula is C21H32N2O4. The second-order valence-corrected chi connectivity index (χ2v) is 7.91. The number of ether oxygens (including phenoxy) is 2. The first-order valence-corrected chi connectivity index (χ1v) is 9.58. The summed E-state index contributed by atoms with van der Waals surface area (Å²) in [5.74, 6) is 0. The van der Waals surface area contributed by atoms with Crippen LogP contribution in [0.1, 0.15) is 51.7 Å². The molecule has 150 valence electrons. The van der Waals surface area contributed by atoms with E-state index in [0.29, 0.717) is 26.3 Å². The fourth-order valence-electron chi connectivity index (χ4n) is 2.77. The van der Waals surface area contributed by atoms with Gasteiger partial charge in [0.15, 0.2) is 0 Å². The molecule has 2 rings (SSSR count). The van der Waals surface area contributed by atoms with Crippen LogP contribution in [0.2, 0.25) is 0 Å². The van der Waals surface area contributed by atoms with E-state index in [-0.39, 0.29) is 12.2 Å². The van der Waals surface area contributed by atoms with E-state index in [9.17, 15) is 4.79 Å². The summed E-state index contributed by atoms with van der Waals surface area (Å²) in [6, 6.07) is 8.18. The van der Waals surface area contributed by atoms with Crippen molar-refractivity contribution in [2.24, 2.45) is 5.16 Å². The molecule has 0 aliphatic carbocycles. The number of oxime groups is 1. The van der Waals surface area contributed by atoms with Gasteiger partial charge in [0.25, 0.3) is 0 Å². The molecule has 0 N–H and O–H groups in total. The fraction of sp³-hybridized carbons (Fsp3) is 0.619. The summed E-state index contributed by atoms with van der Waals surface area (Å²) in [4.78, 5) is 19.2. The summed E-state index contributed by atoms with van der Waals surface area (Å²) in [5.41, 5.74) is 2.66. The number of benzene rings is 1. The van der Waals surface area contributed by atoms with Crippen LogP contribution in [0.15, 0.2) is 29.4 Å². The molecule has 1 aliphatic rings. The largest absolute Gasteiger partial charge is 0.444 e. The van der Waals surface area contributed by atoms with Gasteiger partial charge in [-0.1, -0.05) is 35.0 Å². The van der Waals surface area contributed by atoms with E-state index in [4.69, 9.17) is 14.3 Å². The Kier molecular flexibility index (Phi) is 7.66. The monoisotopic (exact) mass is 376 g/mol. The van der Waals surface area contributed by atoms with Gasteiger partial charge in [0.2, 0.25) is 0 Å². The van der Waals surface area contributed by atoms with Gasteiger partial charge in [-0.3, -0.25) is 0 Å². The highest BCUT2D eigenvalue weighted by Crippen LogP contribution is 2.17. The van der Waals surface area contributed by atoms with E-state index in [1.165, 1.54) is 5.56 Å². The van der Waals surface area contributed by atoms with E-state index in [2.05, 4.69) is 24.2 Å². The number of carbonyl (C=O) groups excluding carboxylic acids is 1. The van der Waals surface area contributed by atoms with Crippen LogP contribution in [0.4, 0.5) is 4.79 Å². The molecule has 6 heteroatoms. The topological polar surface area (TPSA) is 60.4 Å². The van der Waals surface area contributed by atoms with E-state index in [1.807, 2.05) is 39.8 Å². The maximum atomic E-state index is 12.0. The molecule has 1 aromatic rings. The van der Waals surface area contributed by atoms with E-state index in [0.717, 1.165) is 24.1 Å². The minimum Gasteiger partial charge on any atom is -0.444 e. The van der Waals surface area contributed by atoms with E-state index < -0.39 is 5.60 Å². The maximum Gasteiger partial charge on any atom is 0.410 e. The number of hydrogen-bond acceptors (Lipinski definition) is 5. The number of carbonyl (C=O) groups is 1. The second kappa shape index (κ2) is 9.74. The van der Waals surface area contributed by atoms with Gasteiger partial charge in [0.1, 0.15) is 12.2 Å². The normalized spacial score (nSPS) is 16.3. The summed E-state index contributed by atoms with van der Waals surface area (Å²) in [7, 11) is 0. The number of amides is 1. The predicted molar refractivity (Wildman–Crippen MR) is 106 cm³/mol. The molecule has 1 fully saturated rings. The number of piperidine rings is 1. The smallest absolute Gasteiger partial charge is 0.410 e. The molecular weight excluding hydrogens is 344 g/mol. The first-order valence-electron chi connectivity index (χ1n) is 9.58. The Balaban J connectivity index is 1.62. The van der Waals surface area contributed by atoms with Crippen LogP contribution in [0.25, 0.3) is 0 Å². The molecule has 0 bridgehead atoms. The Bertz CT molecular complexity index is 627. The molecule has 0 spiro atoms. The van der Waals surface area contributed by atoms with Gasteiger partial charge in [-0.05, 0) is 53.0 Å². The van der Waals surface area contributed by atoms with Gasteiger partial charge >= 0.3 is 6.09 Å². The first kappa shape index (κ1) is 21.2. The van der Waals surface area contributed by atoms with Crippen molar-refractivity contribution in [3.63, 3.8) is 0 Å². The second-order valence-electron chi connectivity index (χ2n) is 7.91. The lowest BCUT2D eigenvalue weighted by Gasteiger charge is -2.33. The molecule has 1 aromatic carbocycles. The van der Waals surface area contributed by atoms with Crippen molar-refractivity contribution in [2.75, 3.05) is 26.3 Å². The van der Waals surface area contributed by atoms with Gasteiger partial charge in [-0.25, -0.2) is 4.79 Å².